The Morgan fingerprint density at radius 3 is 2.62 bits per heavy atom. The van der Waals surface area contributed by atoms with Crippen molar-refractivity contribution in [3.63, 3.8) is 0 Å². The van der Waals surface area contributed by atoms with E-state index in [1.165, 1.54) is 27.3 Å². The maximum absolute atomic E-state index is 3.47. The zero-order valence-corrected chi connectivity index (χ0v) is 11.7. The van der Waals surface area contributed by atoms with Crippen LogP contribution in [-0.4, -0.2) is 13.1 Å². The van der Waals surface area contributed by atoms with Gasteiger partial charge in [-0.1, -0.05) is 25.5 Å². The molecule has 1 aromatic rings. The fourth-order valence-electron chi connectivity index (χ4n) is 1.72. The number of hydrogen-bond donors (Lipinski definition) is 1. The smallest absolute Gasteiger partial charge is 0.0167 e. The second-order valence-electron chi connectivity index (χ2n) is 4.20. The lowest BCUT2D eigenvalue weighted by Crippen LogP contribution is -2.17. The molecule has 0 aliphatic heterocycles. The highest BCUT2D eigenvalue weighted by Crippen LogP contribution is 2.23. The van der Waals surface area contributed by atoms with Crippen LogP contribution >= 0.6 is 11.3 Å². The van der Waals surface area contributed by atoms with Crippen LogP contribution in [0.5, 0.6) is 0 Å². The van der Waals surface area contributed by atoms with E-state index in [2.05, 4.69) is 45.2 Å². The van der Waals surface area contributed by atoms with Crippen molar-refractivity contribution in [1.82, 2.24) is 5.32 Å². The zero-order valence-electron chi connectivity index (χ0n) is 10.9. The number of nitrogens with one attached hydrogen (secondary N) is 1. The first-order chi connectivity index (χ1) is 7.67. The fourth-order valence-corrected chi connectivity index (χ4v) is 2.62. The third-order valence-electron chi connectivity index (χ3n) is 2.67. The molecule has 0 spiro atoms. The summed E-state index contributed by atoms with van der Waals surface area (Å²) in [5.74, 6) is 0. The Morgan fingerprint density at radius 2 is 2.12 bits per heavy atom. The predicted octanol–water partition coefficient (Wildman–Crippen LogP) is 4.16. The predicted molar refractivity (Wildman–Crippen MR) is 75.2 cm³/mol. The Labute approximate surface area is 104 Å². The molecule has 2 heteroatoms. The molecule has 1 nitrogen and oxygen atoms in total. The molecule has 0 aliphatic rings. The van der Waals surface area contributed by atoms with E-state index in [1.807, 2.05) is 11.3 Å². The summed E-state index contributed by atoms with van der Waals surface area (Å²) in [6.07, 6.45) is 4.68. The Bertz CT molecular complexity index is 350. The van der Waals surface area contributed by atoms with Crippen LogP contribution in [-0.2, 0) is 0 Å². The van der Waals surface area contributed by atoms with E-state index >= 15 is 0 Å². The monoisotopic (exact) mass is 237 g/mol. The van der Waals surface area contributed by atoms with Crippen molar-refractivity contribution >= 4 is 17.4 Å². The van der Waals surface area contributed by atoms with E-state index in [0.29, 0.717) is 0 Å². The lowest BCUT2D eigenvalue weighted by molar-refractivity contribution is 0.706. The maximum Gasteiger partial charge on any atom is 0.0167 e. The highest BCUT2D eigenvalue weighted by atomic mass is 32.1. The van der Waals surface area contributed by atoms with E-state index in [-0.39, 0.29) is 0 Å². The van der Waals surface area contributed by atoms with Crippen LogP contribution < -0.4 is 5.32 Å². The Kier molecular flexibility index (Phi) is 5.78. The normalized spacial score (nSPS) is 12.1. The Balaban J connectivity index is 2.67. The van der Waals surface area contributed by atoms with Crippen LogP contribution in [0.3, 0.4) is 0 Å². The SMILES string of the molecule is CCCNCC(=Cc1cc(C)sc1C)CC. The topological polar surface area (TPSA) is 12.0 Å². The lowest BCUT2D eigenvalue weighted by Gasteiger charge is -2.06. The summed E-state index contributed by atoms with van der Waals surface area (Å²) in [5, 5.41) is 3.47. The van der Waals surface area contributed by atoms with Crippen LogP contribution in [0.2, 0.25) is 0 Å². The number of rotatable bonds is 6. The van der Waals surface area contributed by atoms with Crippen LogP contribution in [0.15, 0.2) is 11.6 Å². The van der Waals surface area contributed by atoms with Crippen molar-refractivity contribution in [3.8, 4) is 0 Å². The Hall–Kier alpha value is -0.600. The van der Waals surface area contributed by atoms with Crippen molar-refractivity contribution < 1.29 is 0 Å². The van der Waals surface area contributed by atoms with E-state index < -0.39 is 0 Å². The van der Waals surface area contributed by atoms with Crippen molar-refractivity contribution in [2.24, 2.45) is 0 Å². The molecule has 1 heterocycles. The van der Waals surface area contributed by atoms with Gasteiger partial charge in [0, 0.05) is 16.3 Å². The van der Waals surface area contributed by atoms with E-state index in [0.717, 1.165) is 19.5 Å². The van der Waals surface area contributed by atoms with Crippen molar-refractivity contribution in [3.05, 3.63) is 27.0 Å². The van der Waals surface area contributed by atoms with Crippen LogP contribution in [0.25, 0.3) is 6.08 Å². The highest BCUT2D eigenvalue weighted by Gasteiger charge is 2.01. The van der Waals surface area contributed by atoms with Gasteiger partial charge in [-0.15, -0.1) is 11.3 Å². The highest BCUT2D eigenvalue weighted by molar-refractivity contribution is 7.12. The number of hydrogen-bond acceptors (Lipinski definition) is 2. The summed E-state index contributed by atoms with van der Waals surface area (Å²) < 4.78 is 0. The Morgan fingerprint density at radius 1 is 1.38 bits per heavy atom. The molecule has 1 rings (SSSR count). The summed E-state index contributed by atoms with van der Waals surface area (Å²) in [5.41, 5.74) is 2.90. The van der Waals surface area contributed by atoms with Crippen molar-refractivity contribution in [2.45, 2.75) is 40.5 Å². The van der Waals surface area contributed by atoms with Gasteiger partial charge in [0.1, 0.15) is 0 Å². The largest absolute Gasteiger partial charge is 0.313 e. The van der Waals surface area contributed by atoms with E-state index in [4.69, 9.17) is 0 Å². The average molecular weight is 237 g/mol. The molecule has 0 saturated heterocycles. The van der Waals surface area contributed by atoms with Crippen LogP contribution in [0.1, 0.15) is 42.0 Å². The molecule has 0 aromatic carbocycles. The molecule has 0 fully saturated rings. The zero-order chi connectivity index (χ0) is 12.0. The summed E-state index contributed by atoms with van der Waals surface area (Å²) >= 11 is 1.89. The van der Waals surface area contributed by atoms with Gasteiger partial charge in [0.2, 0.25) is 0 Å². The fraction of sp³-hybridized carbons (Fsp3) is 0.571. The lowest BCUT2D eigenvalue weighted by atomic mass is 10.1. The second-order valence-corrected chi connectivity index (χ2v) is 5.66. The van der Waals surface area contributed by atoms with Crippen molar-refractivity contribution in [1.29, 1.82) is 0 Å². The molecular formula is C14H23NS. The average Bonchev–Trinajstić information content (AvgIpc) is 2.56. The van der Waals surface area contributed by atoms with E-state index in [9.17, 15) is 0 Å². The van der Waals surface area contributed by atoms with Crippen molar-refractivity contribution in [2.75, 3.05) is 13.1 Å². The molecule has 0 bridgehead atoms. The molecule has 0 amide bonds. The molecular weight excluding hydrogens is 214 g/mol. The summed E-state index contributed by atoms with van der Waals surface area (Å²) in [4.78, 5) is 2.83. The molecule has 0 radical (unpaired) electrons. The summed E-state index contributed by atoms with van der Waals surface area (Å²) in [7, 11) is 0. The van der Waals surface area contributed by atoms with Crippen LogP contribution in [0.4, 0.5) is 0 Å². The van der Waals surface area contributed by atoms with Gasteiger partial charge in [0.05, 0.1) is 0 Å². The number of aryl methyl sites for hydroxylation is 2. The van der Waals surface area contributed by atoms with Gasteiger partial charge < -0.3 is 5.32 Å². The van der Waals surface area contributed by atoms with Gasteiger partial charge in [-0.25, -0.2) is 0 Å². The van der Waals surface area contributed by atoms with Gasteiger partial charge in [-0.2, -0.15) is 0 Å². The minimum absolute atomic E-state index is 1.03. The van der Waals surface area contributed by atoms with Gasteiger partial charge in [-0.05, 0) is 44.9 Å². The minimum Gasteiger partial charge on any atom is -0.313 e. The maximum atomic E-state index is 3.47. The van der Waals surface area contributed by atoms with Gasteiger partial charge in [-0.3, -0.25) is 0 Å². The van der Waals surface area contributed by atoms with Gasteiger partial charge in [0.15, 0.2) is 0 Å². The molecule has 16 heavy (non-hydrogen) atoms. The summed E-state index contributed by atoms with van der Waals surface area (Å²) in [6, 6.07) is 2.29. The van der Waals surface area contributed by atoms with E-state index in [1.54, 1.807) is 0 Å². The first kappa shape index (κ1) is 13.5. The molecule has 0 saturated carbocycles. The molecule has 0 atom stereocenters. The second kappa shape index (κ2) is 6.87. The molecule has 0 unspecified atom stereocenters. The number of thiophene rings is 1. The molecule has 1 aromatic heterocycles. The first-order valence-corrected chi connectivity index (χ1v) is 6.96. The van der Waals surface area contributed by atoms with Gasteiger partial charge >= 0.3 is 0 Å². The molecule has 90 valence electrons. The van der Waals surface area contributed by atoms with Gasteiger partial charge in [0.25, 0.3) is 0 Å². The first-order valence-electron chi connectivity index (χ1n) is 6.14. The third kappa shape index (κ3) is 4.11. The third-order valence-corrected chi connectivity index (χ3v) is 3.65. The molecule has 1 N–H and O–H groups in total. The van der Waals surface area contributed by atoms with Crippen LogP contribution in [0, 0.1) is 13.8 Å². The standard InChI is InChI=1S/C14H23NS/c1-5-7-15-10-13(6-2)9-14-8-11(3)16-12(14)4/h8-9,15H,5-7,10H2,1-4H3. The quantitative estimate of drug-likeness (QED) is 0.733. The minimum atomic E-state index is 1.03. The molecule has 0 aliphatic carbocycles. The summed E-state index contributed by atoms with van der Waals surface area (Å²) in [6.45, 7) is 11.0.